The van der Waals surface area contributed by atoms with E-state index >= 15 is 0 Å². The van der Waals surface area contributed by atoms with Crippen molar-refractivity contribution in [3.8, 4) is 5.75 Å². The standard InChI is InChI=1S/C21H36N2O/c1-5-23(17-21(2,3)4)15-6-16-24-20-9-7-18(8-10-20)19-11-13-22-14-12-19/h7-10,19,22H,5-6,11-17H2,1-4H3. The lowest BCUT2D eigenvalue weighted by Gasteiger charge is -2.28. The molecule has 0 saturated carbocycles. The average Bonchev–Trinajstić information content (AvgIpc) is 2.58. The van der Waals surface area contributed by atoms with Gasteiger partial charge in [-0.15, -0.1) is 0 Å². The zero-order chi connectivity index (χ0) is 17.4. The van der Waals surface area contributed by atoms with Crippen molar-refractivity contribution in [2.24, 2.45) is 5.41 Å². The zero-order valence-electron chi connectivity index (χ0n) is 16.1. The summed E-state index contributed by atoms with van der Waals surface area (Å²) in [5.41, 5.74) is 1.83. The number of hydrogen-bond acceptors (Lipinski definition) is 3. The quantitative estimate of drug-likeness (QED) is 0.719. The van der Waals surface area contributed by atoms with Crippen LogP contribution in [-0.4, -0.2) is 44.2 Å². The molecule has 0 bridgehead atoms. The van der Waals surface area contributed by atoms with Gasteiger partial charge in [-0.05, 0) is 67.9 Å². The Morgan fingerprint density at radius 1 is 1.12 bits per heavy atom. The van der Waals surface area contributed by atoms with E-state index in [9.17, 15) is 0 Å². The second-order valence-corrected chi connectivity index (χ2v) is 8.22. The maximum atomic E-state index is 5.93. The van der Waals surface area contributed by atoms with Gasteiger partial charge in [0.15, 0.2) is 0 Å². The molecule has 0 unspecified atom stereocenters. The third kappa shape index (κ3) is 6.82. The average molecular weight is 333 g/mol. The molecule has 1 aliphatic rings. The lowest BCUT2D eigenvalue weighted by Crippen LogP contribution is -2.33. The van der Waals surface area contributed by atoms with Gasteiger partial charge in [-0.2, -0.15) is 0 Å². The predicted molar refractivity (Wildman–Crippen MR) is 103 cm³/mol. The van der Waals surface area contributed by atoms with E-state index < -0.39 is 0 Å². The van der Waals surface area contributed by atoms with Crippen molar-refractivity contribution in [3.63, 3.8) is 0 Å². The number of rotatable bonds is 8. The third-order valence-electron chi connectivity index (χ3n) is 4.72. The SMILES string of the molecule is CCN(CCCOc1ccc(C2CCNCC2)cc1)CC(C)(C)C. The van der Waals surface area contributed by atoms with Crippen LogP contribution in [0.4, 0.5) is 0 Å². The molecule has 1 aliphatic heterocycles. The number of hydrogen-bond donors (Lipinski definition) is 1. The maximum absolute atomic E-state index is 5.93. The highest BCUT2D eigenvalue weighted by Gasteiger charge is 2.16. The molecule has 1 heterocycles. The molecule has 1 N–H and O–H groups in total. The number of piperidine rings is 1. The Hall–Kier alpha value is -1.06. The first-order chi connectivity index (χ1) is 11.5. The summed E-state index contributed by atoms with van der Waals surface area (Å²) in [5, 5.41) is 3.43. The van der Waals surface area contributed by atoms with Crippen LogP contribution in [0.2, 0.25) is 0 Å². The molecule has 1 fully saturated rings. The van der Waals surface area contributed by atoms with Crippen molar-refractivity contribution in [1.29, 1.82) is 0 Å². The van der Waals surface area contributed by atoms with E-state index in [2.05, 4.69) is 62.2 Å². The molecule has 2 rings (SSSR count). The van der Waals surface area contributed by atoms with Crippen molar-refractivity contribution in [1.82, 2.24) is 10.2 Å². The molecule has 3 nitrogen and oxygen atoms in total. The van der Waals surface area contributed by atoms with E-state index in [1.807, 2.05) is 0 Å². The van der Waals surface area contributed by atoms with E-state index in [4.69, 9.17) is 4.74 Å². The fourth-order valence-corrected chi connectivity index (χ4v) is 3.49. The second kappa shape index (κ2) is 9.43. The molecular formula is C21H36N2O. The summed E-state index contributed by atoms with van der Waals surface area (Å²) in [6, 6.07) is 8.79. The van der Waals surface area contributed by atoms with Crippen LogP contribution in [0.1, 0.15) is 58.4 Å². The molecular weight excluding hydrogens is 296 g/mol. The topological polar surface area (TPSA) is 24.5 Å². The summed E-state index contributed by atoms with van der Waals surface area (Å²) < 4.78 is 5.93. The predicted octanol–water partition coefficient (Wildman–Crippen LogP) is 4.29. The monoisotopic (exact) mass is 332 g/mol. The highest BCUT2D eigenvalue weighted by Crippen LogP contribution is 2.26. The van der Waals surface area contributed by atoms with Crippen molar-refractivity contribution in [3.05, 3.63) is 29.8 Å². The fraction of sp³-hybridized carbons (Fsp3) is 0.714. The van der Waals surface area contributed by atoms with Gasteiger partial charge in [0.25, 0.3) is 0 Å². The van der Waals surface area contributed by atoms with Crippen molar-refractivity contribution in [2.75, 3.05) is 39.3 Å². The summed E-state index contributed by atoms with van der Waals surface area (Å²) in [7, 11) is 0. The zero-order valence-corrected chi connectivity index (χ0v) is 16.1. The Bertz CT molecular complexity index is 458. The molecule has 0 atom stereocenters. The Morgan fingerprint density at radius 2 is 1.79 bits per heavy atom. The van der Waals surface area contributed by atoms with Crippen molar-refractivity contribution in [2.45, 2.75) is 52.9 Å². The lowest BCUT2D eigenvalue weighted by atomic mass is 9.90. The minimum Gasteiger partial charge on any atom is -0.494 e. The molecule has 0 aliphatic carbocycles. The van der Waals surface area contributed by atoms with Gasteiger partial charge < -0.3 is 15.0 Å². The van der Waals surface area contributed by atoms with Gasteiger partial charge in [0.1, 0.15) is 5.75 Å². The van der Waals surface area contributed by atoms with Crippen LogP contribution in [0.5, 0.6) is 5.75 Å². The van der Waals surface area contributed by atoms with Crippen LogP contribution < -0.4 is 10.1 Å². The number of benzene rings is 1. The highest BCUT2D eigenvalue weighted by molar-refractivity contribution is 5.29. The molecule has 1 saturated heterocycles. The molecule has 0 amide bonds. The van der Waals surface area contributed by atoms with Crippen molar-refractivity contribution >= 4 is 0 Å². The van der Waals surface area contributed by atoms with Crippen molar-refractivity contribution < 1.29 is 4.74 Å². The van der Waals surface area contributed by atoms with Crippen LogP contribution >= 0.6 is 0 Å². The number of nitrogens with zero attached hydrogens (tertiary/aromatic N) is 1. The van der Waals surface area contributed by atoms with E-state index in [0.717, 1.165) is 57.4 Å². The lowest BCUT2D eigenvalue weighted by molar-refractivity contribution is 0.183. The van der Waals surface area contributed by atoms with Gasteiger partial charge >= 0.3 is 0 Å². The van der Waals surface area contributed by atoms with Gasteiger partial charge in [-0.25, -0.2) is 0 Å². The molecule has 1 aromatic carbocycles. The largest absolute Gasteiger partial charge is 0.494 e. The highest BCUT2D eigenvalue weighted by atomic mass is 16.5. The molecule has 0 spiro atoms. The molecule has 0 radical (unpaired) electrons. The van der Waals surface area contributed by atoms with Crippen LogP contribution in [0.3, 0.4) is 0 Å². The first-order valence-electron chi connectivity index (χ1n) is 9.64. The Labute approximate surface area is 148 Å². The third-order valence-corrected chi connectivity index (χ3v) is 4.72. The summed E-state index contributed by atoms with van der Waals surface area (Å²) in [5.74, 6) is 1.72. The van der Waals surface area contributed by atoms with E-state index in [0.29, 0.717) is 5.41 Å². The molecule has 1 aromatic rings. The summed E-state index contributed by atoms with van der Waals surface area (Å²) in [6.45, 7) is 15.6. The van der Waals surface area contributed by atoms with Crippen LogP contribution in [0.15, 0.2) is 24.3 Å². The first kappa shape index (κ1) is 19.3. The minimum atomic E-state index is 0.362. The molecule has 136 valence electrons. The van der Waals surface area contributed by atoms with Gasteiger partial charge in [-0.1, -0.05) is 39.8 Å². The van der Waals surface area contributed by atoms with E-state index in [-0.39, 0.29) is 0 Å². The molecule has 3 heteroatoms. The van der Waals surface area contributed by atoms with E-state index in [1.165, 1.54) is 18.4 Å². The van der Waals surface area contributed by atoms with E-state index in [1.54, 1.807) is 0 Å². The Balaban J connectivity index is 1.70. The smallest absolute Gasteiger partial charge is 0.119 e. The first-order valence-corrected chi connectivity index (χ1v) is 9.64. The number of ether oxygens (including phenoxy) is 1. The summed E-state index contributed by atoms with van der Waals surface area (Å²) in [6.07, 6.45) is 3.58. The molecule has 0 aromatic heterocycles. The van der Waals surface area contributed by atoms with Gasteiger partial charge in [0.05, 0.1) is 6.61 Å². The fourth-order valence-electron chi connectivity index (χ4n) is 3.49. The van der Waals surface area contributed by atoms with Crippen LogP contribution in [-0.2, 0) is 0 Å². The Morgan fingerprint density at radius 3 is 2.38 bits per heavy atom. The Kier molecular flexibility index (Phi) is 7.57. The summed E-state index contributed by atoms with van der Waals surface area (Å²) >= 11 is 0. The summed E-state index contributed by atoms with van der Waals surface area (Å²) in [4.78, 5) is 2.52. The van der Waals surface area contributed by atoms with Gasteiger partial charge in [0, 0.05) is 13.1 Å². The van der Waals surface area contributed by atoms with Crippen LogP contribution in [0, 0.1) is 5.41 Å². The van der Waals surface area contributed by atoms with Crippen LogP contribution in [0.25, 0.3) is 0 Å². The van der Waals surface area contributed by atoms with Gasteiger partial charge in [-0.3, -0.25) is 0 Å². The maximum Gasteiger partial charge on any atom is 0.119 e. The molecule has 24 heavy (non-hydrogen) atoms. The van der Waals surface area contributed by atoms with Gasteiger partial charge in [0.2, 0.25) is 0 Å². The minimum absolute atomic E-state index is 0.362. The second-order valence-electron chi connectivity index (χ2n) is 8.22. The number of nitrogens with one attached hydrogen (secondary N) is 1. The normalized spacial score (nSPS) is 16.5.